The lowest BCUT2D eigenvalue weighted by Gasteiger charge is -2.21. The summed E-state index contributed by atoms with van der Waals surface area (Å²) in [6.07, 6.45) is 0.242. The summed E-state index contributed by atoms with van der Waals surface area (Å²) in [7, 11) is 0. The molecule has 19 heavy (non-hydrogen) atoms. The molecule has 5 nitrogen and oxygen atoms in total. The Hall–Kier alpha value is -2.04. The van der Waals surface area contributed by atoms with E-state index in [9.17, 15) is 9.59 Å². The highest BCUT2D eigenvalue weighted by atomic mass is 16.6. The van der Waals surface area contributed by atoms with Gasteiger partial charge >= 0.3 is 6.09 Å². The van der Waals surface area contributed by atoms with Crippen molar-refractivity contribution in [2.45, 2.75) is 26.4 Å². The first-order valence-corrected chi connectivity index (χ1v) is 6.07. The molecule has 0 aromatic heterocycles. The Morgan fingerprint density at radius 1 is 1.42 bits per heavy atom. The van der Waals surface area contributed by atoms with Crippen molar-refractivity contribution in [1.29, 1.82) is 0 Å². The van der Waals surface area contributed by atoms with Crippen molar-refractivity contribution in [1.82, 2.24) is 5.32 Å². The van der Waals surface area contributed by atoms with Gasteiger partial charge in [-0.05, 0) is 39.0 Å². The van der Waals surface area contributed by atoms with Crippen molar-refractivity contribution in [3.63, 3.8) is 0 Å². The van der Waals surface area contributed by atoms with Crippen molar-refractivity contribution in [3.8, 4) is 0 Å². The average molecular weight is 263 g/mol. The number of carbonyl (C=O) groups is 2. The zero-order valence-electron chi connectivity index (χ0n) is 11.5. The highest BCUT2D eigenvalue weighted by molar-refractivity contribution is 5.75. The number of hydrogen-bond donors (Lipinski definition) is 1. The summed E-state index contributed by atoms with van der Waals surface area (Å²) in [5.41, 5.74) is 0.240. The van der Waals surface area contributed by atoms with Crippen LogP contribution >= 0.6 is 0 Å². The third-order valence-electron chi connectivity index (χ3n) is 2.18. The van der Waals surface area contributed by atoms with E-state index in [2.05, 4.69) is 11.4 Å². The van der Waals surface area contributed by atoms with E-state index in [0.29, 0.717) is 13.1 Å². The minimum absolute atomic E-state index is 0.326. The summed E-state index contributed by atoms with van der Waals surface area (Å²) >= 11 is 0. The van der Waals surface area contributed by atoms with Gasteiger partial charge in [0.25, 0.3) is 0 Å². The number of nitrogens with zero attached hydrogens (tertiary/aromatic N) is 1. The molecule has 0 fully saturated rings. The van der Waals surface area contributed by atoms with Crippen LogP contribution in [0.5, 0.6) is 0 Å². The Balaban J connectivity index is 2.39. The molecular weight excluding hydrogens is 244 g/mol. The molecule has 2 amide bonds. The number of amides is 2. The van der Waals surface area contributed by atoms with Gasteiger partial charge in [0.05, 0.1) is 0 Å². The SMILES string of the molecule is CC(C)(C)OC(=O)NCCN(C=O)c1cc[c]cc1. The molecule has 1 rings (SSSR count). The zero-order valence-corrected chi connectivity index (χ0v) is 11.5. The lowest BCUT2D eigenvalue weighted by atomic mass is 10.2. The maximum absolute atomic E-state index is 11.4. The maximum Gasteiger partial charge on any atom is 0.407 e. The van der Waals surface area contributed by atoms with Gasteiger partial charge in [-0.3, -0.25) is 4.79 Å². The molecule has 1 radical (unpaired) electrons. The first-order chi connectivity index (χ1) is 8.92. The van der Waals surface area contributed by atoms with E-state index in [-0.39, 0.29) is 0 Å². The highest BCUT2D eigenvalue weighted by Gasteiger charge is 2.15. The number of nitrogens with one attached hydrogen (secondary N) is 1. The van der Waals surface area contributed by atoms with Gasteiger partial charge in [-0.25, -0.2) is 4.79 Å². The molecule has 0 spiro atoms. The molecule has 0 heterocycles. The second kappa shape index (κ2) is 6.78. The Morgan fingerprint density at radius 3 is 2.58 bits per heavy atom. The van der Waals surface area contributed by atoms with Gasteiger partial charge in [0.1, 0.15) is 5.60 Å². The number of ether oxygens (including phenoxy) is 1. The molecule has 0 aliphatic rings. The van der Waals surface area contributed by atoms with E-state index in [4.69, 9.17) is 4.74 Å². The molecule has 0 aliphatic heterocycles. The number of carbonyl (C=O) groups excluding carboxylic acids is 2. The maximum atomic E-state index is 11.4. The molecule has 0 bridgehead atoms. The van der Waals surface area contributed by atoms with Crippen LogP contribution < -0.4 is 10.2 Å². The Labute approximate surface area is 113 Å². The fraction of sp³-hybridized carbons (Fsp3) is 0.429. The molecule has 0 unspecified atom stereocenters. The summed E-state index contributed by atoms with van der Waals surface area (Å²) in [5.74, 6) is 0. The first kappa shape index (κ1) is 15.0. The van der Waals surface area contributed by atoms with Gasteiger partial charge in [-0.15, -0.1) is 0 Å². The molecule has 1 N–H and O–H groups in total. The molecule has 0 saturated carbocycles. The minimum Gasteiger partial charge on any atom is -0.444 e. The van der Waals surface area contributed by atoms with Crippen LogP contribution in [-0.2, 0) is 9.53 Å². The van der Waals surface area contributed by atoms with Crippen LogP contribution in [0.4, 0.5) is 10.5 Å². The van der Waals surface area contributed by atoms with Crippen LogP contribution in [0.15, 0.2) is 24.3 Å². The molecule has 0 saturated heterocycles. The minimum atomic E-state index is -0.524. The van der Waals surface area contributed by atoms with Crippen LogP contribution in [0.1, 0.15) is 20.8 Å². The Kier molecular flexibility index (Phi) is 5.36. The van der Waals surface area contributed by atoms with Crippen molar-refractivity contribution in [2.75, 3.05) is 18.0 Å². The Morgan fingerprint density at radius 2 is 2.05 bits per heavy atom. The summed E-state index contributed by atoms with van der Waals surface area (Å²) < 4.78 is 5.10. The summed E-state index contributed by atoms with van der Waals surface area (Å²) in [5, 5.41) is 2.60. The zero-order chi connectivity index (χ0) is 14.3. The van der Waals surface area contributed by atoms with Gasteiger partial charge in [0.2, 0.25) is 6.41 Å². The smallest absolute Gasteiger partial charge is 0.407 e. The van der Waals surface area contributed by atoms with Crippen molar-refractivity contribution in [2.24, 2.45) is 0 Å². The number of hydrogen-bond acceptors (Lipinski definition) is 3. The first-order valence-electron chi connectivity index (χ1n) is 6.07. The standard InChI is InChI=1S/C14H19N2O3/c1-14(2,3)19-13(18)15-9-10-16(11-17)12-7-5-4-6-8-12/h5-8,11H,9-10H2,1-3H3,(H,15,18). The fourth-order valence-corrected chi connectivity index (χ4v) is 1.40. The van der Waals surface area contributed by atoms with Crippen molar-refractivity contribution in [3.05, 3.63) is 30.3 Å². The van der Waals surface area contributed by atoms with E-state index in [1.54, 1.807) is 45.0 Å². The highest BCUT2D eigenvalue weighted by Crippen LogP contribution is 2.10. The second-order valence-electron chi connectivity index (χ2n) is 4.99. The van der Waals surface area contributed by atoms with Gasteiger partial charge < -0.3 is 15.0 Å². The summed E-state index contributed by atoms with van der Waals surface area (Å²) in [6.45, 7) is 6.10. The largest absolute Gasteiger partial charge is 0.444 e. The normalized spacial score (nSPS) is 10.7. The number of benzene rings is 1. The van der Waals surface area contributed by atoms with Crippen molar-refractivity contribution >= 4 is 18.2 Å². The van der Waals surface area contributed by atoms with Gasteiger partial charge in [0.15, 0.2) is 0 Å². The van der Waals surface area contributed by atoms with Crippen molar-refractivity contribution < 1.29 is 14.3 Å². The molecule has 5 heteroatoms. The quantitative estimate of drug-likeness (QED) is 0.826. The molecule has 0 atom stereocenters. The number of anilines is 1. The number of alkyl carbamates (subject to hydrolysis) is 1. The third-order valence-corrected chi connectivity index (χ3v) is 2.18. The van der Waals surface area contributed by atoms with E-state index in [1.165, 1.54) is 4.90 Å². The Bertz CT molecular complexity index is 412. The van der Waals surface area contributed by atoms with Crippen LogP contribution in [0, 0.1) is 6.07 Å². The lowest BCUT2D eigenvalue weighted by molar-refractivity contribution is -0.107. The second-order valence-corrected chi connectivity index (χ2v) is 4.99. The predicted octanol–water partition coefficient (Wildman–Crippen LogP) is 1.97. The van der Waals surface area contributed by atoms with Crippen LogP contribution in [-0.4, -0.2) is 31.2 Å². The van der Waals surface area contributed by atoms with Gasteiger partial charge in [-0.2, -0.15) is 0 Å². The third kappa shape index (κ3) is 5.90. The number of rotatable bonds is 5. The van der Waals surface area contributed by atoms with Gasteiger partial charge in [0, 0.05) is 18.8 Å². The van der Waals surface area contributed by atoms with Crippen LogP contribution in [0.25, 0.3) is 0 Å². The average Bonchev–Trinajstić information content (AvgIpc) is 2.33. The fourth-order valence-electron chi connectivity index (χ4n) is 1.40. The molecular formula is C14H19N2O3. The predicted molar refractivity (Wildman–Crippen MR) is 72.9 cm³/mol. The van der Waals surface area contributed by atoms with E-state index in [1.807, 2.05) is 0 Å². The van der Waals surface area contributed by atoms with E-state index in [0.717, 1.165) is 12.1 Å². The molecule has 0 aliphatic carbocycles. The molecule has 103 valence electrons. The van der Waals surface area contributed by atoms with E-state index < -0.39 is 11.7 Å². The molecule has 1 aromatic carbocycles. The monoisotopic (exact) mass is 263 g/mol. The summed E-state index contributed by atoms with van der Waals surface area (Å²) in [6, 6.07) is 9.90. The lowest BCUT2D eigenvalue weighted by Crippen LogP contribution is -2.37. The van der Waals surface area contributed by atoms with Gasteiger partial charge in [-0.1, -0.05) is 12.1 Å². The summed E-state index contributed by atoms with van der Waals surface area (Å²) in [4.78, 5) is 23.9. The van der Waals surface area contributed by atoms with Crippen LogP contribution in [0.3, 0.4) is 0 Å². The van der Waals surface area contributed by atoms with Crippen LogP contribution in [0.2, 0.25) is 0 Å². The molecule has 1 aromatic rings. The van der Waals surface area contributed by atoms with E-state index >= 15 is 0 Å². The topological polar surface area (TPSA) is 58.6 Å².